The molecule has 7 nitrogen and oxygen atoms in total. The van der Waals surface area contributed by atoms with E-state index in [2.05, 4.69) is 4.72 Å². The maximum absolute atomic E-state index is 12.9. The second-order valence-corrected chi connectivity index (χ2v) is 7.76. The van der Waals surface area contributed by atoms with Crippen LogP contribution in [0.5, 0.6) is 5.75 Å². The Morgan fingerprint density at radius 3 is 2.38 bits per heavy atom. The highest BCUT2D eigenvalue weighted by molar-refractivity contribution is 7.92. The van der Waals surface area contributed by atoms with Crippen molar-refractivity contribution in [3.05, 3.63) is 51.9 Å². The third kappa shape index (κ3) is 3.06. The molecule has 0 fully saturated rings. The number of hydrogen-bond donors (Lipinski definition) is 1. The number of aryl methyl sites for hydroxylation is 2. The highest BCUT2D eigenvalue weighted by Gasteiger charge is 2.22. The summed E-state index contributed by atoms with van der Waals surface area (Å²) < 4.78 is 36.5. The van der Waals surface area contributed by atoms with Crippen molar-refractivity contribution in [2.75, 3.05) is 11.3 Å². The molecule has 0 atom stereocenters. The number of halogens is 1. The summed E-state index contributed by atoms with van der Waals surface area (Å²) in [6, 6.07) is 9.60. The molecule has 0 aliphatic carbocycles. The number of fused-ring (bicyclic) bond motifs is 1. The molecule has 9 heteroatoms. The number of rotatable bonds is 5. The van der Waals surface area contributed by atoms with Gasteiger partial charge in [-0.25, -0.2) is 13.2 Å². The highest BCUT2D eigenvalue weighted by atomic mass is 35.5. The molecule has 1 N–H and O–H groups in total. The molecule has 2 aromatic carbocycles. The van der Waals surface area contributed by atoms with Gasteiger partial charge in [0.05, 0.1) is 28.4 Å². The lowest BCUT2D eigenvalue weighted by Gasteiger charge is -2.13. The molecule has 1 aromatic heterocycles. The monoisotopic (exact) mass is 395 g/mol. The maximum atomic E-state index is 12.9. The van der Waals surface area contributed by atoms with Crippen LogP contribution in [-0.2, 0) is 24.1 Å². The summed E-state index contributed by atoms with van der Waals surface area (Å²) in [4.78, 5) is 12.0. The molecular weight excluding hydrogens is 378 g/mol. The highest BCUT2D eigenvalue weighted by Crippen LogP contribution is 2.31. The Morgan fingerprint density at radius 2 is 1.73 bits per heavy atom. The van der Waals surface area contributed by atoms with Crippen LogP contribution in [-0.4, -0.2) is 24.2 Å². The summed E-state index contributed by atoms with van der Waals surface area (Å²) in [5, 5.41) is 0.0279. The summed E-state index contributed by atoms with van der Waals surface area (Å²) in [6.07, 6.45) is 0. The number of para-hydroxylation sites is 2. The molecule has 0 unspecified atom stereocenters. The largest absolute Gasteiger partial charge is 0.492 e. The predicted molar refractivity (Wildman–Crippen MR) is 102 cm³/mol. The molecule has 0 aliphatic rings. The lowest BCUT2D eigenvalue weighted by Crippen LogP contribution is -2.19. The van der Waals surface area contributed by atoms with Crippen molar-refractivity contribution < 1.29 is 13.2 Å². The van der Waals surface area contributed by atoms with Crippen molar-refractivity contribution in [3.8, 4) is 5.75 Å². The van der Waals surface area contributed by atoms with Gasteiger partial charge in [-0.3, -0.25) is 13.9 Å². The first-order chi connectivity index (χ1) is 12.3. The van der Waals surface area contributed by atoms with E-state index in [-0.39, 0.29) is 15.6 Å². The van der Waals surface area contributed by atoms with E-state index in [0.29, 0.717) is 29.1 Å². The van der Waals surface area contributed by atoms with Gasteiger partial charge in [0.2, 0.25) is 0 Å². The van der Waals surface area contributed by atoms with Crippen molar-refractivity contribution in [1.82, 2.24) is 9.13 Å². The molecule has 0 aliphatic heterocycles. The van der Waals surface area contributed by atoms with Gasteiger partial charge >= 0.3 is 5.69 Å². The molecule has 0 radical (unpaired) electrons. The lowest BCUT2D eigenvalue weighted by atomic mass is 10.3. The standard InChI is InChI=1S/C17H18ClN3O4S/c1-4-25-15-8-6-5-7-12(15)19-26(23,24)16-10-14-13(9-11(16)18)20(2)17(22)21(14)3/h5-10,19H,4H2,1-3H3. The Bertz CT molecular complexity index is 1150. The van der Waals surface area contributed by atoms with E-state index in [4.69, 9.17) is 16.3 Å². The quantitative estimate of drug-likeness (QED) is 0.720. The average molecular weight is 396 g/mol. The number of sulfonamides is 1. The predicted octanol–water partition coefficient (Wildman–Crippen LogP) is 2.73. The second kappa shape index (κ2) is 6.69. The Labute approximate surface area is 155 Å². The third-order valence-electron chi connectivity index (χ3n) is 4.05. The van der Waals surface area contributed by atoms with E-state index in [1.807, 2.05) is 6.92 Å². The number of aromatic nitrogens is 2. The first kappa shape index (κ1) is 18.3. The minimum Gasteiger partial charge on any atom is -0.492 e. The van der Waals surface area contributed by atoms with Crippen LogP contribution >= 0.6 is 11.6 Å². The molecule has 0 saturated carbocycles. The Hall–Kier alpha value is -2.45. The fraction of sp³-hybridized carbons (Fsp3) is 0.235. The fourth-order valence-electron chi connectivity index (χ4n) is 2.74. The zero-order valence-corrected chi connectivity index (χ0v) is 16.1. The summed E-state index contributed by atoms with van der Waals surface area (Å²) in [5.74, 6) is 0.419. The first-order valence-corrected chi connectivity index (χ1v) is 9.72. The number of nitrogens with one attached hydrogen (secondary N) is 1. The molecule has 0 saturated heterocycles. The topological polar surface area (TPSA) is 82.3 Å². The number of benzene rings is 2. The van der Waals surface area contributed by atoms with Gasteiger partial charge in [0.25, 0.3) is 10.0 Å². The smallest absolute Gasteiger partial charge is 0.328 e. The van der Waals surface area contributed by atoms with Crippen LogP contribution in [0.1, 0.15) is 6.92 Å². The molecular formula is C17H18ClN3O4S. The van der Waals surface area contributed by atoms with Crippen LogP contribution in [0.4, 0.5) is 5.69 Å². The molecule has 138 valence electrons. The lowest BCUT2D eigenvalue weighted by molar-refractivity contribution is 0.342. The van der Waals surface area contributed by atoms with Crippen molar-refractivity contribution in [3.63, 3.8) is 0 Å². The van der Waals surface area contributed by atoms with Gasteiger partial charge in [0.15, 0.2) is 0 Å². The Balaban J connectivity index is 2.12. The number of ether oxygens (including phenoxy) is 1. The minimum absolute atomic E-state index is 0.0279. The average Bonchev–Trinajstić information content (AvgIpc) is 2.80. The number of imidazole rings is 1. The van der Waals surface area contributed by atoms with Crippen LogP contribution in [0.25, 0.3) is 11.0 Å². The second-order valence-electron chi connectivity index (χ2n) is 5.71. The van der Waals surface area contributed by atoms with Gasteiger partial charge in [-0.2, -0.15) is 0 Å². The summed E-state index contributed by atoms with van der Waals surface area (Å²) >= 11 is 6.21. The van der Waals surface area contributed by atoms with Crippen LogP contribution in [0, 0.1) is 0 Å². The van der Waals surface area contributed by atoms with Crippen molar-refractivity contribution in [1.29, 1.82) is 0 Å². The minimum atomic E-state index is -3.98. The zero-order valence-electron chi connectivity index (χ0n) is 14.5. The van der Waals surface area contributed by atoms with Crippen molar-refractivity contribution >= 4 is 38.3 Å². The van der Waals surface area contributed by atoms with Gasteiger partial charge in [-0.15, -0.1) is 0 Å². The van der Waals surface area contributed by atoms with E-state index in [9.17, 15) is 13.2 Å². The molecule has 1 heterocycles. The molecule has 3 aromatic rings. The summed E-state index contributed by atoms with van der Waals surface area (Å²) in [6.45, 7) is 2.21. The van der Waals surface area contributed by atoms with Gasteiger partial charge in [-0.05, 0) is 31.2 Å². The van der Waals surface area contributed by atoms with E-state index >= 15 is 0 Å². The number of hydrogen-bond acceptors (Lipinski definition) is 4. The number of nitrogens with zero attached hydrogens (tertiary/aromatic N) is 2. The molecule has 0 amide bonds. The molecule has 0 spiro atoms. The Morgan fingerprint density at radius 1 is 1.12 bits per heavy atom. The zero-order chi connectivity index (χ0) is 19.1. The third-order valence-corrected chi connectivity index (χ3v) is 5.88. The fourth-order valence-corrected chi connectivity index (χ4v) is 4.35. The van der Waals surface area contributed by atoms with Gasteiger partial charge < -0.3 is 4.74 Å². The summed E-state index contributed by atoms with van der Waals surface area (Å²) in [5.41, 5.74) is 1.07. The summed E-state index contributed by atoms with van der Waals surface area (Å²) in [7, 11) is -0.804. The Kier molecular flexibility index (Phi) is 4.72. The van der Waals surface area contributed by atoms with Crippen LogP contribution in [0.2, 0.25) is 5.02 Å². The number of anilines is 1. The van der Waals surface area contributed by atoms with Crippen LogP contribution < -0.4 is 15.1 Å². The van der Waals surface area contributed by atoms with Gasteiger partial charge in [0.1, 0.15) is 10.6 Å². The van der Waals surface area contributed by atoms with Crippen LogP contribution in [0.15, 0.2) is 46.1 Å². The van der Waals surface area contributed by atoms with Crippen molar-refractivity contribution in [2.24, 2.45) is 14.1 Å². The van der Waals surface area contributed by atoms with E-state index in [1.165, 1.54) is 21.3 Å². The van der Waals surface area contributed by atoms with E-state index < -0.39 is 10.0 Å². The first-order valence-electron chi connectivity index (χ1n) is 7.86. The molecule has 3 rings (SSSR count). The van der Waals surface area contributed by atoms with E-state index in [1.54, 1.807) is 38.4 Å². The maximum Gasteiger partial charge on any atom is 0.328 e. The normalized spacial score (nSPS) is 11.7. The molecule has 26 heavy (non-hydrogen) atoms. The van der Waals surface area contributed by atoms with E-state index in [0.717, 1.165) is 0 Å². The van der Waals surface area contributed by atoms with Crippen LogP contribution in [0.3, 0.4) is 0 Å². The van der Waals surface area contributed by atoms with Gasteiger partial charge in [0, 0.05) is 14.1 Å². The molecule has 0 bridgehead atoms. The van der Waals surface area contributed by atoms with Gasteiger partial charge in [-0.1, -0.05) is 23.7 Å². The SMILES string of the molecule is CCOc1ccccc1NS(=O)(=O)c1cc2c(cc1Cl)n(C)c(=O)n2C. The van der Waals surface area contributed by atoms with Crippen molar-refractivity contribution in [2.45, 2.75) is 11.8 Å².